The highest BCUT2D eigenvalue weighted by molar-refractivity contribution is 5.84. The number of nitrogens with one attached hydrogen (secondary N) is 1. The van der Waals surface area contributed by atoms with Crippen molar-refractivity contribution in [2.24, 2.45) is 4.99 Å². The zero-order chi connectivity index (χ0) is 21.2. The Morgan fingerprint density at radius 1 is 1.17 bits per heavy atom. The molecule has 8 heteroatoms. The molecule has 0 saturated carbocycles. The lowest BCUT2D eigenvalue weighted by molar-refractivity contribution is -0.127. The molecule has 0 aliphatic carbocycles. The van der Waals surface area contributed by atoms with Crippen molar-refractivity contribution >= 4 is 11.9 Å². The number of morpholine rings is 1. The van der Waals surface area contributed by atoms with Gasteiger partial charge < -0.3 is 24.6 Å². The van der Waals surface area contributed by atoms with Crippen molar-refractivity contribution in [2.75, 3.05) is 73.1 Å². The van der Waals surface area contributed by atoms with E-state index in [2.05, 4.69) is 20.1 Å². The van der Waals surface area contributed by atoms with Gasteiger partial charge in [-0.2, -0.15) is 0 Å². The quantitative estimate of drug-likeness (QED) is 0.525. The van der Waals surface area contributed by atoms with Crippen LogP contribution in [-0.2, 0) is 9.53 Å². The number of guanidine groups is 1. The van der Waals surface area contributed by atoms with Crippen molar-refractivity contribution < 1.29 is 14.3 Å². The number of para-hydroxylation sites is 1. The smallest absolute Gasteiger partial charge is 0.243 e. The summed E-state index contributed by atoms with van der Waals surface area (Å²) in [4.78, 5) is 22.9. The summed E-state index contributed by atoms with van der Waals surface area (Å²) in [7, 11) is 3.52. The Labute approximate surface area is 179 Å². The van der Waals surface area contributed by atoms with Crippen molar-refractivity contribution in [3.63, 3.8) is 0 Å². The van der Waals surface area contributed by atoms with Crippen molar-refractivity contribution in [3.05, 3.63) is 30.3 Å². The third-order valence-electron chi connectivity index (χ3n) is 5.47. The van der Waals surface area contributed by atoms with Gasteiger partial charge in [-0.25, -0.2) is 4.99 Å². The Bertz CT molecular complexity index is 669. The molecule has 0 spiro atoms. The van der Waals surface area contributed by atoms with Gasteiger partial charge in [0.2, 0.25) is 5.91 Å². The van der Waals surface area contributed by atoms with Crippen LogP contribution < -0.4 is 10.1 Å². The Kier molecular flexibility index (Phi) is 8.77. The summed E-state index contributed by atoms with van der Waals surface area (Å²) >= 11 is 0. The Morgan fingerprint density at radius 2 is 1.87 bits per heavy atom. The molecule has 2 saturated heterocycles. The van der Waals surface area contributed by atoms with Gasteiger partial charge in [0, 0.05) is 66.2 Å². The van der Waals surface area contributed by atoms with E-state index in [1.807, 2.05) is 30.3 Å². The highest BCUT2D eigenvalue weighted by atomic mass is 16.5. The number of carbonyl (C=O) groups excluding carboxylic acids is 1. The lowest BCUT2D eigenvalue weighted by atomic mass is 10.1. The molecule has 2 aliphatic rings. The molecular weight excluding hydrogens is 382 g/mol. The fourth-order valence-corrected chi connectivity index (χ4v) is 3.58. The first-order valence-corrected chi connectivity index (χ1v) is 10.9. The molecule has 2 heterocycles. The van der Waals surface area contributed by atoms with Crippen LogP contribution in [0.25, 0.3) is 0 Å². The van der Waals surface area contributed by atoms with Crippen LogP contribution in [0.1, 0.15) is 12.8 Å². The van der Waals surface area contributed by atoms with Crippen LogP contribution in [-0.4, -0.2) is 106 Å². The normalized spacial score (nSPS) is 18.9. The predicted octanol–water partition coefficient (Wildman–Crippen LogP) is 0.896. The molecule has 0 unspecified atom stereocenters. The molecule has 1 amide bonds. The van der Waals surface area contributed by atoms with Crippen LogP contribution in [0.15, 0.2) is 35.3 Å². The number of rotatable bonds is 7. The summed E-state index contributed by atoms with van der Waals surface area (Å²) in [6, 6.07) is 9.99. The Morgan fingerprint density at radius 3 is 2.53 bits per heavy atom. The second kappa shape index (κ2) is 11.8. The number of hydrogen-bond acceptors (Lipinski definition) is 5. The molecule has 0 bridgehead atoms. The van der Waals surface area contributed by atoms with E-state index in [0.29, 0.717) is 0 Å². The summed E-state index contributed by atoms with van der Waals surface area (Å²) in [5.41, 5.74) is 0. The fourth-order valence-electron chi connectivity index (χ4n) is 3.58. The Balaban J connectivity index is 1.51. The first-order chi connectivity index (χ1) is 14.6. The van der Waals surface area contributed by atoms with Gasteiger partial charge in [0.15, 0.2) is 5.96 Å². The summed E-state index contributed by atoms with van der Waals surface area (Å²) in [6.07, 6.45) is 2.07. The van der Waals surface area contributed by atoms with Crippen LogP contribution in [0.2, 0.25) is 0 Å². The molecule has 1 aromatic rings. The van der Waals surface area contributed by atoms with Gasteiger partial charge in [-0.3, -0.25) is 9.69 Å². The molecule has 0 atom stereocenters. The Hall–Kier alpha value is -2.32. The van der Waals surface area contributed by atoms with E-state index < -0.39 is 0 Å². The largest absolute Gasteiger partial charge is 0.490 e. The maximum absolute atomic E-state index is 12.0. The molecule has 2 fully saturated rings. The number of hydrogen-bond donors (Lipinski definition) is 1. The van der Waals surface area contributed by atoms with Crippen LogP contribution in [0.3, 0.4) is 0 Å². The number of piperidine rings is 1. The molecule has 0 radical (unpaired) electrons. The summed E-state index contributed by atoms with van der Waals surface area (Å²) in [6.45, 7) is 7.15. The van der Waals surface area contributed by atoms with Crippen molar-refractivity contribution in [1.82, 2.24) is 20.0 Å². The first-order valence-electron chi connectivity index (χ1n) is 10.9. The zero-order valence-electron chi connectivity index (χ0n) is 18.3. The molecule has 30 heavy (non-hydrogen) atoms. The van der Waals surface area contributed by atoms with Gasteiger partial charge in [-0.15, -0.1) is 0 Å². The minimum absolute atomic E-state index is 0.00442. The van der Waals surface area contributed by atoms with Crippen LogP contribution >= 0.6 is 0 Å². The van der Waals surface area contributed by atoms with Crippen LogP contribution in [0.5, 0.6) is 5.75 Å². The van der Waals surface area contributed by atoms with Crippen LogP contribution in [0, 0.1) is 0 Å². The van der Waals surface area contributed by atoms with E-state index in [4.69, 9.17) is 9.47 Å². The molecule has 1 N–H and O–H groups in total. The maximum Gasteiger partial charge on any atom is 0.243 e. The number of likely N-dealkylation sites (N-methyl/N-ethyl adjacent to an activating group) is 1. The number of likely N-dealkylation sites (tertiary alicyclic amines) is 1. The van der Waals surface area contributed by atoms with Gasteiger partial charge in [0.25, 0.3) is 0 Å². The van der Waals surface area contributed by atoms with E-state index in [9.17, 15) is 4.79 Å². The summed E-state index contributed by atoms with van der Waals surface area (Å²) in [5, 5.41) is 3.48. The molecule has 166 valence electrons. The number of amides is 1. The number of benzene rings is 1. The number of ether oxygens (including phenoxy) is 2. The maximum atomic E-state index is 12.0. The molecular formula is C22H35N5O3. The first kappa shape index (κ1) is 22.4. The third-order valence-corrected chi connectivity index (χ3v) is 5.47. The summed E-state index contributed by atoms with van der Waals surface area (Å²) < 4.78 is 11.5. The second-order valence-corrected chi connectivity index (χ2v) is 7.93. The minimum atomic E-state index is 0.00442. The average Bonchev–Trinajstić information content (AvgIpc) is 2.78. The van der Waals surface area contributed by atoms with Gasteiger partial charge in [0.1, 0.15) is 18.4 Å². The molecule has 8 nitrogen and oxygen atoms in total. The lowest BCUT2D eigenvalue weighted by Gasteiger charge is -2.35. The average molecular weight is 418 g/mol. The topological polar surface area (TPSA) is 69.6 Å². The molecule has 1 aromatic carbocycles. The fraction of sp³-hybridized carbons (Fsp3) is 0.636. The lowest BCUT2D eigenvalue weighted by Crippen LogP contribution is -2.50. The van der Waals surface area contributed by atoms with E-state index in [-0.39, 0.29) is 18.6 Å². The van der Waals surface area contributed by atoms with Gasteiger partial charge in [-0.05, 0) is 12.1 Å². The highest BCUT2D eigenvalue weighted by Crippen LogP contribution is 2.18. The van der Waals surface area contributed by atoms with Gasteiger partial charge >= 0.3 is 0 Å². The number of aliphatic imine (C=N–C) groups is 1. The van der Waals surface area contributed by atoms with Crippen LogP contribution in [0.4, 0.5) is 0 Å². The predicted molar refractivity (Wildman–Crippen MR) is 118 cm³/mol. The number of nitrogens with zero attached hydrogens (tertiary/aromatic N) is 4. The second-order valence-electron chi connectivity index (χ2n) is 7.93. The minimum Gasteiger partial charge on any atom is -0.490 e. The van der Waals surface area contributed by atoms with E-state index in [1.54, 1.807) is 19.0 Å². The van der Waals surface area contributed by atoms with Crippen molar-refractivity contribution in [3.8, 4) is 5.75 Å². The van der Waals surface area contributed by atoms with Gasteiger partial charge in [-0.1, -0.05) is 18.2 Å². The van der Waals surface area contributed by atoms with Crippen molar-refractivity contribution in [1.29, 1.82) is 0 Å². The standard InChI is InChI=1S/C22H35N5O3/c1-25(2)21(28)18-24-22(23-10-13-26-14-16-29-17-15-26)27-11-8-20(9-12-27)30-19-6-4-3-5-7-19/h3-7,20H,8-18H2,1-2H3,(H,23,24). The molecule has 3 rings (SSSR count). The van der Waals surface area contributed by atoms with Gasteiger partial charge in [0.05, 0.1) is 13.2 Å². The molecule has 2 aliphatic heterocycles. The van der Waals surface area contributed by atoms with E-state index >= 15 is 0 Å². The zero-order valence-corrected chi connectivity index (χ0v) is 18.3. The summed E-state index contributed by atoms with van der Waals surface area (Å²) in [5.74, 6) is 1.74. The van der Waals surface area contributed by atoms with Crippen molar-refractivity contribution in [2.45, 2.75) is 18.9 Å². The number of carbonyl (C=O) groups is 1. The highest BCUT2D eigenvalue weighted by Gasteiger charge is 2.23. The van der Waals surface area contributed by atoms with E-state index in [1.165, 1.54) is 0 Å². The monoisotopic (exact) mass is 417 g/mol. The van der Waals surface area contributed by atoms with E-state index in [0.717, 1.165) is 77.0 Å². The SMILES string of the molecule is CN(C)C(=O)CN=C(NCCN1CCOCC1)N1CCC(Oc2ccccc2)CC1. The third kappa shape index (κ3) is 7.18. The molecule has 0 aromatic heterocycles.